The molecule has 2 rings (SSSR count). The second-order valence-electron chi connectivity index (χ2n) is 4.89. The van der Waals surface area contributed by atoms with Gasteiger partial charge in [0, 0.05) is 20.0 Å². The van der Waals surface area contributed by atoms with E-state index in [1.165, 1.54) is 5.56 Å². The summed E-state index contributed by atoms with van der Waals surface area (Å²) in [6.07, 6.45) is 3.64. The van der Waals surface area contributed by atoms with Gasteiger partial charge in [0.2, 0.25) is 5.91 Å². The Hall–Kier alpha value is -1.51. The number of ether oxygens (including phenoxy) is 1. The van der Waals surface area contributed by atoms with Gasteiger partial charge in [-0.25, -0.2) is 0 Å². The van der Waals surface area contributed by atoms with E-state index < -0.39 is 0 Å². The van der Waals surface area contributed by atoms with Crippen LogP contribution in [0, 0.1) is 0 Å². The molecule has 1 amide bonds. The van der Waals surface area contributed by atoms with Crippen LogP contribution in [-0.2, 0) is 17.6 Å². The lowest BCUT2D eigenvalue weighted by atomic mass is 10.1. The van der Waals surface area contributed by atoms with E-state index in [2.05, 4.69) is 13.0 Å². The number of rotatable bonds is 5. The first-order valence-corrected chi connectivity index (χ1v) is 6.69. The predicted molar refractivity (Wildman–Crippen MR) is 71.9 cm³/mol. The Morgan fingerprint density at radius 2 is 2.28 bits per heavy atom. The highest BCUT2D eigenvalue weighted by Crippen LogP contribution is 2.26. The fourth-order valence-corrected chi connectivity index (χ4v) is 2.18. The zero-order chi connectivity index (χ0) is 13.0. The summed E-state index contributed by atoms with van der Waals surface area (Å²) >= 11 is 0. The van der Waals surface area contributed by atoms with Crippen LogP contribution in [0.2, 0.25) is 0 Å². The van der Waals surface area contributed by atoms with Gasteiger partial charge in [-0.2, -0.15) is 0 Å². The third-order valence-corrected chi connectivity index (χ3v) is 3.38. The Kier molecular flexibility index (Phi) is 4.24. The molecule has 98 valence electrons. The lowest BCUT2D eigenvalue weighted by Gasteiger charge is -2.16. The minimum atomic E-state index is 0.197. The van der Waals surface area contributed by atoms with Crippen LogP contribution in [0.15, 0.2) is 18.2 Å². The molecule has 0 radical (unpaired) electrons. The molecular weight excluding hydrogens is 226 g/mol. The first-order valence-electron chi connectivity index (χ1n) is 6.69. The summed E-state index contributed by atoms with van der Waals surface area (Å²) in [5, 5.41) is 0. The SMILES string of the molecule is CCCCN(C)C(=O)Cc1ccc2c(c1)CCO2. The molecule has 0 bridgehead atoms. The summed E-state index contributed by atoms with van der Waals surface area (Å²) in [6, 6.07) is 6.08. The van der Waals surface area contributed by atoms with Crippen LogP contribution in [0.1, 0.15) is 30.9 Å². The Labute approximate surface area is 109 Å². The average molecular weight is 247 g/mol. The highest BCUT2D eigenvalue weighted by Gasteiger charge is 2.14. The second kappa shape index (κ2) is 5.89. The summed E-state index contributed by atoms with van der Waals surface area (Å²) in [5.41, 5.74) is 2.32. The van der Waals surface area contributed by atoms with Gasteiger partial charge in [0.05, 0.1) is 13.0 Å². The van der Waals surface area contributed by atoms with E-state index in [1.807, 2.05) is 24.1 Å². The van der Waals surface area contributed by atoms with Gasteiger partial charge in [-0.3, -0.25) is 4.79 Å². The molecule has 0 aliphatic carbocycles. The Balaban J connectivity index is 1.94. The maximum atomic E-state index is 12.0. The predicted octanol–water partition coefficient (Wildman–Crippen LogP) is 2.42. The average Bonchev–Trinajstić information content (AvgIpc) is 2.83. The second-order valence-corrected chi connectivity index (χ2v) is 4.89. The van der Waals surface area contributed by atoms with E-state index in [4.69, 9.17) is 4.74 Å². The van der Waals surface area contributed by atoms with Crippen molar-refractivity contribution in [2.24, 2.45) is 0 Å². The maximum Gasteiger partial charge on any atom is 0.226 e. The molecule has 1 heterocycles. The van der Waals surface area contributed by atoms with E-state index in [1.54, 1.807) is 0 Å². The lowest BCUT2D eigenvalue weighted by Crippen LogP contribution is -2.29. The number of likely N-dealkylation sites (N-methyl/N-ethyl adjacent to an activating group) is 1. The molecule has 3 heteroatoms. The Bertz CT molecular complexity index is 429. The minimum Gasteiger partial charge on any atom is -0.493 e. The number of benzene rings is 1. The van der Waals surface area contributed by atoms with E-state index in [9.17, 15) is 4.79 Å². The Morgan fingerprint density at radius 1 is 1.44 bits per heavy atom. The molecule has 0 saturated carbocycles. The molecule has 18 heavy (non-hydrogen) atoms. The summed E-state index contributed by atoms with van der Waals surface area (Å²) in [7, 11) is 1.88. The first-order chi connectivity index (χ1) is 8.70. The van der Waals surface area contributed by atoms with Crippen molar-refractivity contribution in [2.75, 3.05) is 20.2 Å². The van der Waals surface area contributed by atoms with Crippen molar-refractivity contribution in [1.29, 1.82) is 0 Å². The molecule has 0 saturated heterocycles. The van der Waals surface area contributed by atoms with Crippen LogP contribution in [0.5, 0.6) is 5.75 Å². The molecular formula is C15H21NO2. The summed E-state index contributed by atoms with van der Waals surface area (Å²) in [5.74, 6) is 1.17. The van der Waals surface area contributed by atoms with Gasteiger partial charge in [0.15, 0.2) is 0 Å². The molecule has 3 nitrogen and oxygen atoms in total. The number of amides is 1. The normalized spacial score (nSPS) is 13.0. The van der Waals surface area contributed by atoms with Gasteiger partial charge in [-0.15, -0.1) is 0 Å². The van der Waals surface area contributed by atoms with Gasteiger partial charge in [0.25, 0.3) is 0 Å². The number of unbranched alkanes of at least 4 members (excludes halogenated alkanes) is 1. The van der Waals surface area contributed by atoms with E-state index in [0.29, 0.717) is 6.42 Å². The standard InChI is InChI=1S/C15H21NO2/c1-3-4-8-16(2)15(17)11-12-5-6-14-13(10-12)7-9-18-14/h5-6,10H,3-4,7-9,11H2,1-2H3. The van der Waals surface area contributed by atoms with Crippen molar-refractivity contribution in [3.63, 3.8) is 0 Å². The third-order valence-electron chi connectivity index (χ3n) is 3.38. The molecule has 0 N–H and O–H groups in total. The quantitative estimate of drug-likeness (QED) is 0.799. The van der Waals surface area contributed by atoms with Crippen LogP contribution in [0.25, 0.3) is 0 Å². The fourth-order valence-electron chi connectivity index (χ4n) is 2.18. The van der Waals surface area contributed by atoms with Crippen LogP contribution in [-0.4, -0.2) is 31.0 Å². The van der Waals surface area contributed by atoms with Crippen molar-refractivity contribution < 1.29 is 9.53 Å². The van der Waals surface area contributed by atoms with Crippen molar-refractivity contribution in [2.45, 2.75) is 32.6 Å². The number of hydrogen-bond donors (Lipinski definition) is 0. The molecule has 0 unspecified atom stereocenters. The molecule has 1 aromatic rings. The van der Waals surface area contributed by atoms with Gasteiger partial charge in [0.1, 0.15) is 5.75 Å². The molecule has 0 spiro atoms. The number of carbonyl (C=O) groups is 1. The van der Waals surface area contributed by atoms with Crippen LogP contribution in [0.3, 0.4) is 0 Å². The highest BCUT2D eigenvalue weighted by atomic mass is 16.5. The number of fused-ring (bicyclic) bond motifs is 1. The molecule has 0 fully saturated rings. The summed E-state index contributed by atoms with van der Waals surface area (Å²) in [4.78, 5) is 13.8. The highest BCUT2D eigenvalue weighted by molar-refractivity contribution is 5.78. The van der Waals surface area contributed by atoms with Crippen LogP contribution < -0.4 is 4.74 Å². The third kappa shape index (κ3) is 3.03. The van der Waals surface area contributed by atoms with Crippen molar-refractivity contribution in [3.05, 3.63) is 29.3 Å². The monoisotopic (exact) mass is 247 g/mol. The van der Waals surface area contributed by atoms with Gasteiger partial charge < -0.3 is 9.64 Å². The smallest absolute Gasteiger partial charge is 0.226 e. The van der Waals surface area contributed by atoms with Crippen molar-refractivity contribution in [3.8, 4) is 5.75 Å². The lowest BCUT2D eigenvalue weighted by molar-refractivity contribution is -0.129. The van der Waals surface area contributed by atoms with Crippen LogP contribution >= 0.6 is 0 Å². The van der Waals surface area contributed by atoms with Gasteiger partial charge >= 0.3 is 0 Å². The molecule has 1 aromatic carbocycles. The maximum absolute atomic E-state index is 12.0. The summed E-state index contributed by atoms with van der Waals surface area (Å²) in [6.45, 7) is 3.76. The number of nitrogens with zero attached hydrogens (tertiary/aromatic N) is 1. The number of carbonyl (C=O) groups excluding carboxylic acids is 1. The van der Waals surface area contributed by atoms with Crippen molar-refractivity contribution >= 4 is 5.91 Å². The zero-order valence-corrected chi connectivity index (χ0v) is 11.2. The van der Waals surface area contributed by atoms with Crippen molar-refractivity contribution in [1.82, 2.24) is 4.90 Å². The van der Waals surface area contributed by atoms with Gasteiger partial charge in [-0.05, 0) is 23.6 Å². The van der Waals surface area contributed by atoms with E-state index >= 15 is 0 Å². The topological polar surface area (TPSA) is 29.5 Å². The fraction of sp³-hybridized carbons (Fsp3) is 0.533. The number of hydrogen-bond acceptors (Lipinski definition) is 2. The van der Waals surface area contributed by atoms with Crippen LogP contribution in [0.4, 0.5) is 0 Å². The van der Waals surface area contributed by atoms with E-state index in [-0.39, 0.29) is 5.91 Å². The minimum absolute atomic E-state index is 0.197. The zero-order valence-electron chi connectivity index (χ0n) is 11.2. The Morgan fingerprint density at radius 3 is 3.06 bits per heavy atom. The molecule has 1 aliphatic rings. The van der Waals surface area contributed by atoms with E-state index in [0.717, 1.165) is 43.7 Å². The molecule has 0 atom stereocenters. The molecule has 1 aliphatic heterocycles. The van der Waals surface area contributed by atoms with Gasteiger partial charge in [-0.1, -0.05) is 25.5 Å². The largest absolute Gasteiger partial charge is 0.493 e. The molecule has 0 aromatic heterocycles. The summed E-state index contributed by atoms with van der Waals surface area (Å²) < 4.78 is 5.46. The first kappa shape index (κ1) is 12.9.